The van der Waals surface area contributed by atoms with Crippen LogP contribution in [-0.2, 0) is 0 Å². The normalized spacial score (nSPS) is 15.1. The van der Waals surface area contributed by atoms with Gasteiger partial charge in [-0.1, -0.05) is 47.6 Å². The van der Waals surface area contributed by atoms with Gasteiger partial charge in [-0.3, -0.25) is 0 Å². The van der Waals surface area contributed by atoms with Crippen molar-refractivity contribution in [3.8, 4) is 0 Å². The molecule has 1 aromatic carbocycles. The Morgan fingerprint density at radius 2 is 2.00 bits per heavy atom. The van der Waals surface area contributed by atoms with Gasteiger partial charge in [-0.15, -0.1) is 0 Å². The molecule has 0 amide bonds. The number of allylic oxidation sites excluding steroid dienone is 2. The summed E-state index contributed by atoms with van der Waals surface area (Å²) in [6.07, 6.45) is 5.63. The molecule has 0 radical (unpaired) electrons. The first-order valence-corrected chi connectivity index (χ1v) is 5.45. The van der Waals surface area contributed by atoms with E-state index in [1.54, 1.807) is 18.0 Å². The Morgan fingerprint density at radius 3 is 2.86 bits per heavy atom. The van der Waals surface area contributed by atoms with Gasteiger partial charge in [0.1, 0.15) is 5.04 Å². The molecule has 0 bridgehead atoms. The molecule has 14 heavy (non-hydrogen) atoms. The summed E-state index contributed by atoms with van der Waals surface area (Å²) >= 11 is 7.64. The standard InChI is InChI=1S/C11H8ClNS/c12-10-6-2-1-5-9(10)11-13-7-3-4-8-14-11/h1-8H. The average molecular weight is 222 g/mol. The van der Waals surface area contributed by atoms with Gasteiger partial charge < -0.3 is 0 Å². The molecule has 0 aliphatic carbocycles. The van der Waals surface area contributed by atoms with E-state index in [2.05, 4.69) is 4.99 Å². The molecule has 0 atom stereocenters. The Kier molecular flexibility index (Phi) is 3.07. The fraction of sp³-hybridized carbons (Fsp3) is 0. The number of hydrogen-bond donors (Lipinski definition) is 0. The van der Waals surface area contributed by atoms with Gasteiger partial charge in [-0.05, 0) is 17.6 Å². The topological polar surface area (TPSA) is 12.4 Å². The summed E-state index contributed by atoms with van der Waals surface area (Å²) in [7, 11) is 0. The molecule has 0 N–H and O–H groups in total. The largest absolute Gasteiger partial charge is 0.249 e. The van der Waals surface area contributed by atoms with Crippen molar-refractivity contribution < 1.29 is 0 Å². The van der Waals surface area contributed by atoms with Crippen molar-refractivity contribution in [2.24, 2.45) is 4.99 Å². The van der Waals surface area contributed by atoms with E-state index in [1.807, 2.05) is 41.8 Å². The lowest BCUT2D eigenvalue weighted by molar-refractivity contribution is 1.56. The highest BCUT2D eigenvalue weighted by atomic mass is 35.5. The summed E-state index contributed by atoms with van der Waals surface area (Å²) in [4.78, 5) is 4.31. The summed E-state index contributed by atoms with van der Waals surface area (Å²) < 4.78 is 0. The van der Waals surface area contributed by atoms with Crippen molar-refractivity contribution in [2.45, 2.75) is 0 Å². The van der Waals surface area contributed by atoms with Crippen LogP contribution in [0.5, 0.6) is 0 Å². The summed E-state index contributed by atoms with van der Waals surface area (Å²) in [5.74, 6) is 0. The van der Waals surface area contributed by atoms with Gasteiger partial charge in [0.05, 0.1) is 5.02 Å². The highest BCUT2D eigenvalue weighted by Crippen LogP contribution is 2.23. The maximum atomic E-state index is 6.07. The quantitative estimate of drug-likeness (QED) is 0.702. The van der Waals surface area contributed by atoms with E-state index < -0.39 is 0 Å². The molecule has 0 saturated heterocycles. The Balaban J connectivity index is 2.40. The number of thioether (sulfide) groups is 1. The van der Waals surface area contributed by atoms with Crippen LogP contribution in [0.4, 0.5) is 0 Å². The monoisotopic (exact) mass is 221 g/mol. The summed E-state index contributed by atoms with van der Waals surface area (Å²) in [5.41, 5.74) is 0.982. The Labute approximate surface area is 92.2 Å². The Morgan fingerprint density at radius 1 is 1.14 bits per heavy atom. The van der Waals surface area contributed by atoms with Crippen LogP contribution in [0.3, 0.4) is 0 Å². The molecular weight excluding hydrogens is 214 g/mol. The van der Waals surface area contributed by atoms with E-state index in [-0.39, 0.29) is 0 Å². The van der Waals surface area contributed by atoms with Gasteiger partial charge in [0.25, 0.3) is 0 Å². The highest BCUT2D eigenvalue weighted by molar-refractivity contribution is 8.16. The predicted octanol–water partition coefficient (Wildman–Crippen LogP) is 3.86. The molecule has 0 saturated carbocycles. The predicted molar refractivity (Wildman–Crippen MR) is 63.9 cm³/mol. The lowest BCUT2D eigenvalue weighted by atomic mass is 10.2. The third kappa shape index (κ3) is 2.08. The van der Waals surface area contributed by atoms with Crippen LogP contribution in [0.25, 0.3) is 0 Å². The SMILES string of the molecule is Clc1ccccc1C1=NC=CC=CS1. The molecule has 1 aliphatic heterocycles. The number of nitrogens with zero attached hydrogens (tertiary/aromatic N) is 1. The van der Waals surface area contributed by atoms with E-state index >= 15 is 0 Å². The molecule has 3 heteroatoms. The van der Waals surface area contributed by atoms with Crippen molar-refractivity contribution in [3.63, 3.8) is 0 Å². The zero-order valence-electron chi connectivity index (χ0n) is 7.35. The summed E-state index contributed by atoms with van der Waals surface area (Å²) in [6.45, 7) is 0. The number of aliphatic imine (C=N–C) groups is 1. The third-order valence-corrected chi connectivity index (χ3v) is 2.92. The molecule has 2 rings (SSSR count). The minimum absolute atomic E-state index is 0.738. The third-order valence-electron chi connectivity index (χ3n) is 1.75. The fourth-order valence-electron chi connectivity index (χ4n) is 1.11. The number of hydrogen-bond acceptors (Lipinski definition) is 2. The first-order valence-electron chi connectivity index (χ1n) is 4.19. The van der Waals surface area contributed by atoms with Crippen molar-refractivity contribution >= 4 is 28.4 Å². The van der Waals surface area contributed by atoms with Gasteiger partial charge in [-0.2, -0.15) is 0 Å². The molecule has 1 aromatic rings. The summed E-state index contributed by atoms with van der Waals surface area (Å²) in [5, 5.41) is 3.66. The molecule has 1 aliphatic rings. The zero-order chi connectivity index (χ0) is 9.80. The van der Waals surface area contributed by atoms with E-state index in [9.17, 15) is 0 Å². The molecule has 0 fully saturated rings. The first kappa shape index (κ1) is 9.56. The first-order chi connectivity index (χ1) is 6.88. The second-order valence-electron chi connectivity index (χ2n) is 2.70. The van der Waals surface area contributed by atoms with Crippen LogP contribution < -0.4 is 0 Å². The zero-order valence-corrected chi connectivity index (χ0v) is 8.92. The minimum atomic E-state index is 0.738. The molecule has 1 heterocycles. The molecular formula is C11H8ClNS. The van der Waals surface area contributed by atoms with Gasteiger partial charge in [0.15, 0.2) is 0 Å². The van der Waals surface area contributed by atoms with E-state index in [0.29, 0.717) is 0 Å². The lowest BCUT2D eigenvalue weighted by Crippen LogP contribution is -1.93. The van der Waals surface area contributed by atoms with Gasteiger partial charge in [0, 0.05) is 11.8 Å². The minimum Gasteiger partial charge on any atom is -0.249 e. The average Bonchev–Trinajstić information content (AvgIpc) is 2.47. The van der Waals surface area contributed by atoms with Gasteiger partial charge in [-0.25, -0.2) is 4.99 Å². The smallest absolute Gasteiger partial charge is 0.109 e. The van der Waals surface area contributed by atoms with Gasteiger partial charge >= 0.3 is 0 Å². The molecule has 0 spiro atoms. The van der Waals surface area contributed by atoms with E-state index in [4.69, 9.17) is 11.6 Å². The number of halogens is 1. The Bertz CT molecular complexity index is 421. The maximum absolute atomic E-state index is 6.07. The van der Waals surface area contributed by atoms with Crippen LogP contribution in [0.2, 0.25) is 5.02 Å². The summed E-state index contributed by atoms with van der Waals surface area (Å²) in [6, 6.07) is 7.72. The second kappa shape index (κ2) is 4.49. The maximum Gasteiger partial charge on any atom is 0.109 e. The van der Waals surface area contributed by atoms with Crippen molar-refractivity contribution in [2.75, 3.05) is 0 Å². The molecule has 0 aromatic heterocycles. The molecule has 70 valence electrons. The van der Waals surface area contributed by atoms with Crippen LogP contribution in [-0.4, -0.2) is 5.04 Å². The highest BCUT2D eigenvalue weighted by Gasteiger charge is 2.06. The van der Waals surface area contributed by atoms with E-state index in [1.165, 1.54) is 0 Å². The Hall–Kier alpha value is -0.990. The van der Waals surface area contributed by atoms with Crippen molar-refractivity contribution in [1.82, 2.24) is 0 Å². The number of benzene rings is 1. The van der Waals surface area contributed by atoms with Crippen molar-refractivity contribution in [1.29, 1.82) is 0 Å². The number of rotatable bonds is 1. The van der Waals surface area contributed by atoms with Gasteiger partial charge in [0.2, 0.25) is 0 Å². The molecule has 0 unspecified atom stereocenters. The molecule has 1 nitrogen and oxygen atoms in total. The fourth-order valence-corrected chi connectivity index (χ4v) is 2.11. The van der Waals surface area contributed by atoms with Crippen LogP contribution in [0.1, 0.15) is 5.56 Å². The van der Waals surface area contributed by atoms with Crippen LogP contribution in [0, 0.1) is 0 Å². The van der Waals surface area contributed by atoms with Crippen LogP contribution in [0.15, 0.2) is 53.0 Å². The van der Waals surface area contributed by atoms with E-state index in [0.717, 1.165) is 15.6 Å². The second-order valence-corrected chi connectivity index (χ2v) is 4.00. The van der Waals surface area contributed by atoms with Crippen LogP contribution >= 0.6 is 23.4 Å². The van der Waals surface area contributed by atoms with Crippen molar-refractivity contribution in [3.05, 3.63) is 58.6 Å². The lowest BCUT2D eigenvalue weighted by Gasteiger charge is -2.03.